The van der Waals surface area contributed by atoms with Crippen molar-refractivity contribution in [3.63, 3.8) is 0 Å². The fraction of sp³-hybridized carbons (Fsp3) is 0.485. The first-order valence-corrected chi connectivity index (χ1v) is 15.6. The fourth-order valence-electron chi connectivity index (χ4n) is 6.00. The number of hydrogen-bond donors (Lipinski definition) is 0. The van der Waals surface area contributed by atoms with Crippen LogP contribution in [0.3, 0.4) is 0 Å². The highest BCUT2D eigenvalue weighted by molar-refractivity contribution is 6.18. The zero-order valence-electron chi connectivity index (χ0n) is 24.2. The van der Waals surface area contributed by atoms with Gasteiger partial charge in [0.1, 0.15) is 0 Å². The van der Waals surface area contributed by atoms with Crippen LogP contribution < -0.4 is 0 Å². The van der Waals surface area contributed by atoms with Gasteiger partial charge in [-0.2, -0.15) is 5.10 Å². The summed E-state index contributed by atoms with van der Waals surface area (Å²) in [5.74, 6) is 0.666. The molecule has 0 N–H and O–H groups in total. The molecule has 1 aromatic heterocycles. The van der Waals surface area contributed by atoms with E-state index in [1.54, 1.807) is 0 Å². The van der Waals surface area contributed by atoms with Crippen LogP contribution in [0.5, 0.6) is 0 Å². The third kappa shape index (κ3) is 7.77. The Morgan fingerprint density at radius 1 is 0.829 bits per heavy atom. The first-order chi connectivity index (χ1) is 20.0. The van der Waals surface area contributed by atoms with E-state index in [0.717, 1.165) is 79.7 Å². The molecule has 2 aromatic carbocycles. The number of carbonyl (C=O) groups excluding carboxylic acids is 2. The summed E-state index contributed by atoms with van der Waals surface area (Å²) < 4.78 is 1.95. The molecule has 2 saturated heterocycles. The molecule has 7 nitrogen and oxygen atoms in total. The third-order valence-electron chi connectivity index (χ3n) is 8.20. The van der Waals surface area contributed by atoms with Gasteiger partial charge >= 0.3 is 0 Å². The molecule has 3 aromatic rings. The highest BCUT2D eigenvalue weighted by Gasteiger charge is 2.22. The fourth-order valence-corrected chi connectivity index (χ4v) is 6.24. The van der Waals surface area contributed by atoms with Crippen LogP contribution in [0.4, 0.5) is 0 Å². The average Bonchev–Trinajstić information content (AvgIpc) is 3.46. The van der Waals surface area contributed by atoms with Gasteiger partial charge in [-0.1, -0.05) is 24.3 Å². The van der Waals surface area contributed by atoms with Gasteiger partial charge in [-0.3, -0.25) is 19.2 Å². The van der Waals surface area contributed by atoms with E-state index in [-0.39, 0.29) is 17.9 Å². The van der Waals surface area contributed by atoms with Gasteiger partial charge < -0.3 is 9.80 Å². The Hall–Kier alpha value is -3.16. The molecule has 0 aliphatic carbocycles. The minimum absolute atomic E-state index is 0.0123. The van der Waals surface area contributed by atoms with Crippen molar-refractivity contribution >= 4 is 23.4 Å². The normalized spacial score (nSPS) is 16.7. The molecule has 0 unspecified atom stereocenters. The number of likely N-dealkylation sites (tertiary alicyclic amines) is 2. The Morgan fingerprint density at radius 3 is 1.78 bits per heavy atom. The Morgan fingerprint density at radius 2 is 1.34 bits per heavy atom. The number of amides is 2. The number of aryl methyl sites for hydroxylation is 1. The smallest absolute Gasteiger partial charge is 0.253 e. The second kappa shape index (κ2) is 14.1. The van der Waals surface area contributed by atoms with Crippen molar-refractivity contribution in [3.05, 3.63) is 88.7 Å². The summed E-state index contributed by atoms with van der Waals surface area (Å²) in [4.78, 5) is 32.7. The van der Waals surface area contributed by atoms with Crippen LogP contribution in [0.15, 0.2) is 60.9 Å². The highest BCUT2D eigenvalue weighted by atomic mass is 35.5. The van der Waals surface area contributed by atoms with Gasteiger partial charge in [-0.05, 0) is 86.4 Å². The summed E-state index contributed by atoms with van der Waals surface area (Å²) >= 11 is 6.48. The molecule has 0 saturated carbocycles. The summed E-state index contributed by atoms with van der Waals surface area (Å²) in [5.41, 5.74) is 4.75. The molecule has 3 heterocycles. The molecule has 5 rings (SSSR count). The number of nitrogens with zero attached hydrogens (tertiary/aromatic N) is 5. The average molecular weight is 576 g/mol. The van der Waals surface area contributed by atoms with Gasteiger partial charge in [0, 0.05) is 69.0 Å². The van der Waals surface area contributed by atoms with Crippen molar-refractivity contribution in [1.29, 1.82) is 0 Å². The molecule has 0 spiro atoms. The number of aromatic nitrogens is 2. The third-order valence-corrected chi connectivity index (χ3v) is 8.55. The first kappa shape index (κ1) is 29.3. The van der Waals surface area contributed by atoms with E-state index in [9.17, 15) is 9.59 Å². The van der Waals surface area contributed by atoms with E-state index in [1.807, 2.05) is 70.2 Å². The number of alkyl halides is 1. The van der Waals surface area contributed by atoms with Crippen molar-refractivity contribution in [1.82, 2.24) is 24.5 Å². The molecule has 2 aliphatic heterocycles. The number of carbonyl (C=O) groups is 2. The van der Waals surface area contributed by atoms with Crippen molar-refractivity contribution < 1.29 is 9.59 Å². The highest BCUT2D eigenvalue weighted by Crippen LogP contribution is 2.21. The lowest BCUT2D eigenvalue weighted by Gasteiger charge is -2.29. The lowest BCUT2D eigenvalue weighted by atomic mass is 10.0. The zero-order valence-corrected chi connectivity index (χ0v) is 24.9. The standard InChI is InChI=1S/C33H42ClN5O2/c1-26-21-35-39(22-26)31(20-34)25-36(23-27-10-8-12-29(18-27)32(40)37-14-4-2-5-15-37)24-28-11-9-13-30(19-28)33(41)38-16-6-3-7-17-38/h8-13,18-19,21-22,31H,2-7,14-17,20,23-25H2,1H3/t31-/m0/s1. The minimum Gasteiger partial charge on any atom is -0.339 e. The molecule has 41 heavy (non-hydrogen) atoms. The second-order valence-electron chi connectivity index (χ2n) is 11.6. The summed E-state index contributed by atoms with van der Waals surface area (Å²) in [6, 6.07) is 16.1. The Balaban J connectivity index is 1.36. The zero-order chi connectivity index (χ0) is 28.6. The van der Waals surface area contributed by atoms with Gasteiger partial charge in [0.25, 0.3) is 11.8 Å². The quantitative estimate of drug-likeness (QED) is 0.281. The van der Waals surface area contributed by atoms with Crippen LogP contribution in [-0.4, -0.2) is 74.9 Å². The number of benzene rings is 2. The molecule has 1 atom stereocenters. The van der Waals surface area contributed by atoms with E-state index in [4.69, 9.17) is 11.6 Å². The van der Waals surface area contributed by atoms with Crippen LogP contribution in [0.25, 0.3) is 0 Å². The molecule has 0 bridgehead atoms. The van der Waals surface area contributed by atoms with E-state index in [2.05, 4.69) is 22.1 Å². The van der Waals surface area contributed by atoms with Crippen LogP contribution in [0.1, 0.15) is 82.0 Å². The number of rotatable bonds is 10. The van der Waals surface area contributed by atoms with Gasteiger partial charge in [0.15, 0.2) is 0 Å². The van der Waals surface area contributed by atoms with Gasteiger partial charge in [0.2, 0.25) is 0 Å². The summed E-state index contributed by atoms with van der Waals surface area (Å²) in [7, 11) is 0. The SMILES string of the molecule is Cc1cnn([C@@H](CCl)CN(Cc2cccc(C(=O)N3CCCCC3)c2)Cc2cccc(C(=O)N3CCCCC3)c2)c1. The van der Waals surface area contributed by atoms with Crippen LogP contribution >= 0.6 is 11.6 Å². The topological polar surface area (TPSA) is 61.7 Å². The molecule has 218 valence electrons. The van der Waals surface area contributed by atoms with Crippen molar-refractivity contribution in [2.45, 2.75) is 64.6 Å². The monoisotopic (exact) mass is 575 g/mol. The van der Waals surface area contributed by atoms with Crippen LogP contribution in [0.2, 0.25) is 0 Å². The van der Waals surface area contributed by atoms with Crippen LogP contribution in [-0.2, 0) is 13.1 Å². The van der Waals surface area contributed by atoms with Crippen molar-refractivity contribution in [3.8, 4) is 0 Å². The Labute approximate surface area is 249 Å². The molecule has 2 amide bonds. The Kier molecular flexibility index (Phi) is 10.1. The lowest BCUT2D eigenvalue weighted by Crippen LogP contribution is -2.36. The van der Waals surface area contributed by atoms with Gasteiger partial charge in [0.05, 0.1) is 12.2 Å². The molecule has 2 aliphatic rings. The minimum atomic E-state index is -0.0123. The maximum Gasteiger partial charge on any atom is 0.253 e. The summed E-state index contributed by atoms with van der Waals surface area (Å²) in [5, 5.41) is 4.54. The summed E-state index contributed by atoms with van der Waals surface area (Å²) in [6.07, 6.45) is 10.6. The number of piperidine rings is 2. The first-order valence-electron chi connectivity index (χ1n) is 15.1. The maximum absolute atomic E-state index is 13.2. The molecule has 8 heteroatoms. The molecule has 2 fully saturated rings. The molecular weight excluding hydrogens is 534 g/mol. The van der Waals surface area contributed by atoms with E-state index < -0.39 is 0 Å². The second-order valence-corrected chi connectivity index (χ2v) is 11.9. The van der Waals surface area contributed by atoms with Crippen molar-refractivity contribution in [2.75, 3.05) is 38.6 Å². The van der Waals surface area contributed by atoms with Gasteiger partial charge in [-0.15, -0.1) is 11.6 Å². The molecular formula is C33H42ClN5O2. The van der Waals surface area contributed by atoms with E-state index in [0.29, 0.717) is 25.5 Å². The predicted octanol–water partition coefficient (Wildman–Crippen LogP) is 5.93. The lowest BCUT2D eigenvalue weighted by molar-refractivity contribution is 0.0717. The maximum atomic E-state index is 13.2. The van der Waals surface area contributed by atoms with E-state index >= 15 is 0 Å². The number of hydrogen-bond acceptors (Lipinski definition) is 4. The predicted molar refractivity (Wildman–Crippen MR) is 163 cm³/mol. The summed E-state index contributed by atoms with van der Waals surface area (Å²) in [6.45, 7) is 7.36. The molecule has 0 radical (unpaired) electrons. The van der Waals surface area contributed by atoms with Crippen LogP contribution in [0, 0.1) is 6.92 Å². The van der Waals surface area contributed by atoms with Crippen molar-refractivity contribution in [2.24, 2.45) is 0 Å². The van der Waals surface area contributed by atoms with E-state index in [1.165, 1.54) is 12.8 Å². The van der Waals surface area contributed by atoms with Gasteiger partial charge in [-0.25, -0.2) is 0 Å². The Bertz CT molecular complexity index is 1240. The largest absolute Gasteiger partial charge is 0.339 e. The number of halogens is 1.